The van der Waals surface area contributed by atoms with Crippen molar-refractivity contribution < 1.29 is 24.9 Å². The Morgan fingerprint density at radius 3 is 2.40 bits per heavy atom. The highest BCUT2D eigenvalue weighted by atomic mass is 16.4. The maximum atomic E-state index is 11.7. The van der Waals surface area contributed by atoms with Crippen molar-refractivity contribution in [2.24, 2.45) is 0 Å². The number of allylic oxidation sites excluding steroid dienone is 2. The number of nitrogens with zero attached hydrogens (tertiary/aromatic N) is 1. The summed E-state index contributed by atoms with van der Waals surface area (Å²) in [5.74, 6) is -1.17. The van der Waals surface area contributed by atoms with Crippen molar-refractivity contribution >= 4 is 11.9 Å². The number of carboxylic acid groups (broad SMARTS) is 1. The van der Waals surface area contributed by atoms with E-state index in [1.54, 1.807) is 0 Å². The maximum Gasteiger partial charge on any atom is 0.317 e. The van der Waals surface area contributed by atoms with E-state index in [0.717, 1.165) is 32.1 Å². The number of carbonyl (C=O) groups is 2. The number of carboxylic acids is 1. The van der Waals surface area contributed by atoms with Gasteiger partial charge in [0.1, 0.15) is 6.23 Å². The predicted octanol–water partition coefficient (Wildman–Crippen LogP) is 1.50. The predicted molar refractivity (Wildman–Crippen MR) is 97.1 cm³/mol. The summed E-state index contributed by atoms with van der Waals surface area (Å²) in [6.07, 6.45) is 11.2. The molecule has 7 heteroatoms. The van der Waals surface area contributed by atoms with Crippen LogP contribution < -0.4 is 5.32 Å². The SMILES string of the molecule is CCCC/C=C/CCCCCC(=O)NCCN(CC(=O)O)C(O)CO. The van der Waals surface area contributed by atoms with Gasteiger partial charge in [0.2, 0.25) is 5.91 Å². The summed E-state index contributed by atoms with van der Waals surface area (Å²) in [5, 5.41) is 29.9. The lowest BCUT2D eigenvalue weighted by molar-refractivity contribution is -0.142. The molecule has 0 saturated heterocycles. The van der Waals surface area contributed by atoms with Crippen LogP contribution in [0.25, 0.3) is 0 Å². The first kappa shape index (κ1) is 23.6. The second kappa shape index (κ2) is 16.1. The molecule has 1 unspecified atom stereocenters. The minimum absolute atomic E-state index is 0.0766. The molecule has 0 aromatic carbocycles. The van der Waals surface area contributed by atoms with E-state index >= 15 is 0 Å². The van der Waals surface area contributed by atoms with E-state index in [1.165, 1.54) is 17.7 Å². The highest BCUT2D eigenvalue weighted by Gasteiger charge is 2.17. The third-order valence-electron chi connectivity index (χ3n) is 3.81. The number of amides is 1. The molecule has 7 nitrogen and oxygen atoms in total. The standard InChI is InChI=1S/C18H34N2O5/c1-2-3-4-5-6-7-8-9-10-11-16(22)19-12-13-20(14-18(24)25)17(23)15-21/h5-6,17,21,23H,2-4,7-15H2,1H3,(H,19,22)(H,24,25)/b6-5+. The second-order valence-electron chi connectivity index (χ2n) is 6.09. The summed E-state index contributed by atoms with van der Waals surface area (Å²) in [6.45, 7) is 1.65. The molecule has 1 amide bonds. The number of hydrogen-bond donors (Lipinski definition) is 4. The summed E-state index contributed by atoms with van der Waals surface area (Å²) in [4.78, 5) is 23.6. The highest BCUT2D eigenvalue weighted by molar-refractivity contribution is 5.75. The third kappa shape index (κ3) is 14.6. The Balaban J connectivity index is 3.71. The van der Waals surface area contributed by atoms with Crippen molar-refractivity contribution in [1.29, 1.82) is 0 Å². The minimum atomic E-state index is -1.24. The first-order chi connectivity index (χ1) is 12.0. The van der Waals surface area contributed by atoms with Crippen LogP contribution in [-0.2, 0) is 9.59 Å². The van der Waals surface area contributed by atoms with Crippen molar-refractivity contribution in [3.8, 4) is 0 Å². The average Bonchev–Trinajstić information content (AvgIpc) is 2.58. The van der Waals surface area contributed by atoms with E-state index < -0.39 is 18.8 Å². The molecular formula is C18H34N2O5. The number of aliphatic hydroxyl groups excluding tert-OH is 2. The van der Waals surface area contributed by atoms with Crippen molar-refractivity contribution in [3.05, 3.63) is 12.2 Å². The van der Waals surface area contributed by atoms with E-state index in [4.69, 9.17) is 10.2 Å². The highest BCUT2D eigenvalue weighted by Crippen LogP contribution is 2.05. The summed E-state index contributed by atoms with van der Waals surface area (Å²) in [5.41, 5.74) is 0. The monoisotopic (exact) mass is 358 g/mol. The van der Waals surface area contributed by atoms with E-state index in [1.807, 2.05) is 0 Å². The Hall–Kier alpha value is -1.44. The van der Waals surface area contributed by atoms with Crippen LogP contribution in [-0.4, -0.2) is 64.6 Å². The molecule has 0 heterocycles. The maximum absolute atomic E-state index is 11.7. The molecular weight excluding hydrogens is 324 g/mol. The lowest BCUT2D eigenvalue weighted by Crippen LogP contribution is -2.45. The van der Waals surface area contributed by atoms with Gasteiger partial charge in [-0.25, -0.2) is 0 Å². The fourth-order valence-electron chi connectivity index (χ4n) is 2.33. The Kier molecular flexibility index (Phi) is 15.1. The number of aliphatic hydroxyl groups is 2. The number of hydrogen-bond acceptors (Lipinski definition) is 5. The zero-order chi connectivity index (χ0) is 18.9. The quantitative estimate of drug-likeness (QED) is 0.189. The molecule has 0 aliphatic carbocycles. The van der Waals surface area contributed by atoms with Gasteiger partial charge in [-0.3, -0.25) is 14.5 Å². The molecule has 0 aliphatic heterocycles. The summed E-state index contributed by atoms with van der Waals surface area (Å²) < 4.78 is 0. The van der Waals surface area contributed by atoms with Crippen LogP contribution in [0.2, 0.25) is 0 Å². The lowest BCUT2D eigenvalue weighted by Gasteiger charge is -2.24. The van der Waals surface area contributed by atoms with Crippen LogP contribution in [0.5, 0.6) is 0 Å². The van der Waals surface area contributed by atoms with E-state index in [-0.39, 0.29) is 25.5 Å². The second-order valence-corrected chi connectivity index (χ2v) is 6.09. The molecule has 0 aromatic heterocycles. The number of carbonyl (C=O) groups excluding carboxylic acids is 1. The normalized spacial score (nSPS) is 12.6. The Morgan fingerprint density at radius 1 is 1.12 bits per heavy atom. The van der Waals surface area contributed by atoms with Crippen LogP contribution >= 0.6 is 0 Å². The third-order valence-corrected chi connectivity index (χ3v) is 3.81. The van der Waals surface area contributed by atoms with Crippen molar-refractivity contribution in [2.75, 3.05) is 26.2 Å². The molecule has 4 N–H and O–H groups in total. The van der Waals surface area contributed by atoms with Crippen LogP contribution in [0.1, 0.15) is 58.3 Å². The van der Waals surface area contributed by atoms with Gasteiger partial charge in [-0.15, -0.1) is 0 Å². The summed E-state index contributed by atoms with van der Waals surface area (Å²) >= 11 is 0. The van der Waals surface area contributed by atoms with Gasteiger partial charge < -0.3 is 20.6 Å². The van der Waals surface area contributed by atoms with Gasteiger partial charge in [0.25, 0.3) is 0 Å². The molecule has 0 fully saturated rings. The Labute approximate surface area is 150 Å². The number of nitrogens with one attached hydrogen (secondary N) is 1. The molecule has 1 atom stereocenters. The Morgan fingerprint density at radius 2 is 1.80 bits per heavy atom. The summed E-state index contributed by atoms with van der Waals surface area (Å²) in [7, 11) is 0. The average molecular weight is 358 g/mol. The first-order valence-corrected chi connectivity index (χ1v) is 9.17. The fraction of sp³-hybridized carbons (Fsp3) is 0.778. The zero-order valence-electron chi connectivity index (χ0n) is 15.3. The van der Waals surface area contributed by atoms with Gasteiger partial charge in [-0.1, -0.05) is 38.3 Å². The van der Waals surface area contributed by atoms with E-state index in [2.05, 4.69) is 24.4 Å². The van der Waals surface area contributed by atoms with Crippen LogP contribution in [0.4, 0.5) is 0 Å². The first-order valence-electron chi connectivity index (χ1n) is 9.17. The van der Waals surface area contributed by atoms with Crippen LogP contribution in [0.3, 0.4) is 0 Å². The van der Waals surface area contributed by atoms with Gasteiger partial charge in [0.15, 0.2) is 0 Å². The molecule has 0 radical (unpaired) electrons. The van der Waals surface area contributed by atoms with E-state index in [9.17, 15) is 14.7 Å². The van der Waals surface area contributed by atoms with Crippen molar-refractivity contribution in [2.45, 2.75) is 64.5 Å². The van der Waals surface area contributed by atoms with Gasteiger partial charge in [-0.05, 0) is 25.7 Å². The smallest absolute Gasteiger partial charge is 0.317 e. The minimum Gasteiger partial charge on any atom is -0.480 e. The lowest BCUT2D eigenvalue weighted by atomic mass is 10.1. The Bertz CT molecular complexity index is 388. The zero-order valence-corrected chi connectivity index (χ0v) is 15.3. The van der Waals surface area contributed by atoms with Crippen molar-refractivity contribution in [1.82, 2.24) is 10.2 Å². The molecule has 0 bridgehead atoms. The molecule has 0 spiro atoms. The van der Waals surface area contributed by atoms with Crippen LogP contribution in [0, 0.1) is 0 Å². The van der Waals surface area contributed by atoms with Gasteiger partial charge in [0, 0.05) is 19.5 Å². The van der Waals surface area contributed by atoms with E-state index in [0.29, 0.717) is 6.42 Å². The van der Waals surface area contributed by atoms with Crippen LogP contribution in [0.15, 0.2) is 12.2 Å². The molecule has 0 rings (SSSR count). The fourth-order valence-corrected chi connectivity index (χ4v) is 2.33. The number of aliphatic carboxylic acids is 1. The number of rotatable bonds is 16. The number of unbranched alkanes of at least 4 members (excludes halogenated alkanes) is 5. The molecule has 25 heavy (non-hydrogen) atoms. The molecule has 0 aliphatic rings. The molecule has 146 valence electrons. The summed E-state index contributed by atoms with van der Waals surface area (Å²) in [6, 6.07) is 0. The van der Waals surface area contributed by atoms with Gasteiger partial charge in [0.05, 0.1) is 13.2 Å². The largest absolute Gasteiger partial charge is 0.480 e. The van der Waals surface area contributed by atoms with Gasteiger partial charge in [-0.2, -0.15) is 0 Å². The van der Waals surface area contributed by atoms with Crippen molar-refractivity contribution in [3.63, 3.8) is 0 Å². The van der Waals surface area contributed by atoms with Gasteiger partial charge >= 0.3 is 5.97 Å². The molecule has 0 saturated carbocycles. The molecule has 0 aromatic rings. The topological polar surface area (TPSA) is 110 Å².